The Morgan fingerprint density at radius 3 is 2.12 bits per heavy atom. The number of hydrogen-bond acceptors (Lipinski definition) is 5. The molecule has 0 unspecified atom stereocenters. The maximum atomic E-state index is 14.1. The molecule has 214 valence electrons. The Morgan fingerprint density at radius 2 is 1.57 bits per heavy atom. The SMILES string of the molecule is CC[C@H](C(=O)N[C@@H](C)CC)N(Cc1ccccc1)C(=O)CN(c1ccc(OC)c(Cl)c1)S(=O)(=O)c1ccccc1. The van der Waals surface area contributed by atoms with Gasteiger partial charge in [-0.25, -0.2) is 8.42 Å². The first kappa shape index (κ1) is 31.0. The standard InChI is InChI=1S/C30H36ClN3O5S/c1-5-22(3)32-30(36)27(6-2)33(20-23-13-9-7-10-14-23)29(35)21-34(24-17-18-28(39-4)26(31)19-24)40(37,38)25-15-11-8-12-16-25/h7-19,22,27H,5-6,20-21H2,1-4H3,(H,32,36)/t22-,27+/m0/s1. The molecule has 0 heterocycles. The summed E-state index contributed by atoms with van der Waals surface area (Å²) in [5, 5.41) is 3.16. The van der Waals surface area contributed by atoms with Crippen LogP contribution in [-0.4, -0.2) is 50.9 Å². The van der Waals surface area contributed by atoms with Gasteiger partial charge in [0.2, 0.25) is 11.8 Å². The Balaban J connectivity index is 2.07. The zero-order valence-electron chi connectivity index (χ0n) is 23.2. The van der Waals surface area contributed by atoms with Crippen LogP contribution in [0.15, 0.2) is 83.8 Å². The van der Waals surface area contributed by atoms with E-state index < -0.39 is 28.5 Å². The number of methoxy groups -OCH3 is 1. The highest BCUT2D eigenvalue weighted by Crippen LogP contribution is 2.32. The lowest BCUT2D eigenvalue weighted by Crippen LogP contribution is -2.53. The highest BCUT2D eigenvalue weighted by molar-refractivity contribution is 7.92. The Bertz CT molecular complexity index is 1390. The van der Waals surface area contributed by atoms with Crippen molar-refractivity contribution in [2.45, 2.75) is 57.1 Å². The van der Waals surface area contributed by atoms with Gasteiger partial charge in [0, 0.05) is 12.6 Å². The second-order valence-electron chi connectivity index (χ2n) is 9.39. The molecule has 2 atom stereocenters. The maximum Gasteiger partial charge on any atom is 0.264 e. The van der Waals surface area contributed by atoms with Gasteiger partial charge in [0.05, 0.1) is 22.7 Å². The minimum Gasteiger partial charge on any atom is -0.495 e. The molecule has 0 spiro atoms. The number of anilines is 1. The number of sulfonamides is 1. The van der Waals surface area contributed by atoms with Crippen LogP contribution < -0.4 is 14.4 Å². The Kier molecular flexibility index (Phi) is 11.0. The number of carbonyl (C=O) groups is 2. The lowest BCUT2D eigenvalue weighted by atomic mass is 10.1. The Hall–Kier alpha value is -3.56. The fourth-order valence-corrected chi connectivity index (χ4v) is 5.88. The summed E-state index contributed by atoms with van der Waals surface area (Å²) in [6, 6.07) is 20.8. The number of amides is 2. The summed E-state index contributed by atoms with van der Waals surface area (Å²) in [6.45, 7) is 5.28. The first-order chi connectivity index (χ1) is 19.1. The maximum absolute atomic E-state index is 14.1. The fraction of sp³-hybridized carbons (Fsp3) is 0.333. The lowest BCUT2D eigenvalue weighted by molar-refractivity contribution is -0.140. The largest absolute Gasteiger partial charge is 0.495 e. The minimum atomic E-state index is -4.18. The van der Waals surface area contributed by atoms with Crippen LogP contribution in [0.4, 0.5) is 5.69 Å². The number of halogens is 1. The smallest absolute Gasteiger partial charge is 0.264 e. The van der Waals surface area contributed by atoms with E-state index in [4.69, 9.17) is 16.3 Å². The molecule has 0 saturated heterocycles. The van der Waals surface area contributed by atoms with Crippen LogP contribution in [0.5, 0.6) is 5.75 Å². The molecule has 3 aromatic carbocycles. The zero-order valence-corrected chi connectivity index (χ0v) is 24.8. The summed E-state index contributed by atoms with van der Waals surface area (Å²) in [5.41, 5.74) is 1.01. The van der Waals surface area contributed by atoms with Crippen molar-refractivity contribution in [3.8, 4) is 5.75 Å². The minimum absolute atomic E-state index is 0.0194. The average Bonchev–Trinajstić information content (AvgIpc) is 2.96. The number of hydrogen-bond donors (Lipinski definition) is 1. The molecule has 1 N–H and O–H groups in total. The van der Waals surface area contributed by atoms with Crippen molar-refractivity contribution in [2.75, 3.05) is 18.0 Å². The van der Waals surface area contributed by atoms with E-state index in [0.29, 0.717) is 12.2 Å². The quantitative estimate of drug-likeness (QED) is 0.295. The van der Waals surface area contributed by atoms with Gasteiger partial charge in [0.15, 0.2) is 0 Å². The summed E-state index contributed by atoms with van der Waals surface area (Å²) in [7, 11) is -2.72. The number of nitrogens with one attached hydrogen (secondary N) is 1. The third kappa shape index (κ3) is 7.55. The van der Waals surface area contributed by atoms with Crippen molar-refractivity contribution < 1.29 is 22.7 Å². The molecule has 0 aliphatic heterocycles. The summed E-state index contributed by atoms with van der Waals surface area (Å²) < 4.78 is 34.0. The molecule has 40 heavy (non-hydrogen) atoms. The summed E-state index contributed by atoms with van der Waals surface area (Å²) in [6.07, 6.45) is 1.08. The molecule has 8 nitrogen and oxygen atoms in total. The van der Waals surface area contributed by atoms with Crippen LogP contribution in [0.1, 0.15) is 39.2 Å². The average molecular weight is 586 g/mol. The van der Waals surface area contributed by atoms with Crippen LogP contribution in [-0.2, 0) is 26.2 Å². The van der Waals surface area contributed by atoms with E-state index in [9.17, 15) is 18.0 Å². The van der Waals surface area contributed by atoms with Gasteiger partial charge in [0.1, 0.15) is 18.3 Å². The van der Waals surface area contributed by atoms with Crippen LogP contribution in [0, 0.1) is 0 Å². The van der Waals surface area contributed by atoms with Crippen LogP contribution in [0.2, 0.25) is 5.02 Å². The Morgan fingerprint density at radius 1 is 0.950 bits per heavy atom. The number of rotatable bonds is 13. The molecule has 2 amide bonds. The van der Waals surface area contributed by atoms with Crippen LogP contribution >= 0.6 is 11.6 Å². The third-order valence-corrected chi connectivity index (χ3v) is 8.70. The molecule has 0 aliphatic rings. The van der Waals surface area contributed by atoms with Gasteiger partial charge in [-0.1, -0.05) is 74.0 Å². The first-order valence-electron chi connectivity index (χ1n) is 13.2. The Labute approximate surface area is 241 Å². The number of ether oxygens (including phenoxy) is 1. The van der Waals surface area contributed by atoms with Gasteiger partial charge in [-0.05, 0) is 55.7 Å². The first-order valence-corrected chi connectivity index (χ1v) is 15.0. The summed E-state index contributed by atoms with van der Waals surface area (Å²) in [4.78, 5) is 28.8. The molecule has 0 saturated carbocycles. The second kappa shape index (κ2) is 14.2. The van der Waals surface area contributed by atoms with E-state index in [0.717, 1.165) is 16.3 Å². The predicted molar refractivity (Wildman–Crippen MR) is 158 cm³/mol. The van der Waals surface area contributed by atoms with E-state index in [-0.39, 0.29) is 34.1 Å². The number of nitrogens with zero attached hydrogens (tertiary/aromatic N) is 2. The molecule has 0 radical (unpaired) electrons. The van der Waals surface area contributed by atoms with Crippen molar-refractivity contribution in [3.05, 3.63) is 89.4 Å². The number of carbonyl (C=O) groups excluding carboxylic acids is 2. The monoisotopic (exact) mass is 585 g/mol. The van der Waals surface area contributed by atoms with Crippen molar-refractivity contribution in [1.29, 1.82) is 0 Å². The highest BCUT2D eigenvalue weighted by atomic mass is 35.5. The van der Waals surface area contributed by atoms with E-state index in [1.807, 2.05) is 51.1 Å². The van der Waals surface area contributed by atoms with Gasteiger partial charge in [-0.15, -0.1) is 0 Å². The normalized spacial score (nSPS) is 12.7. The lowest BCUT2D eigenvalue weighted by Gasteiger charge is -2.33. The highest BCUT2D eigenvalue weighted by Gasteiger charge is 2.34. The molecule has 0 fully saturated rings. The molecule has 10 heteroatoms. The third-order valence-electron chi connectivity index (χ3n) is 6.62. The van der Waals surface area contributed by atoms with Gasteiger partial charge < -0.3 is 15.0 Å². The summed E-state index contributed by atoms with van der Waals surface area (Å²) >= 11 is 6.36. The molecular weight excluding hydrogens is 550 g/mol. The van der Waals surface area contributed by atoms with Crippen molar-refractivity contribution in [2.24, 2.45) is 0 Å². The number of benzene rings is 3. The van der Waals surface area contributed by atoms with E-state index in [2.05, 4.69) is 5.32 Å². The molecule has 3 aromatic rings. The zero-order chi connectivity index (χ0) is 29.3. The van der Waals surface area contributed by atoms with Crippen molar-refractivity contribution in [1.82, 2.24) is 10.2 Å². The van der Waals surface area contributed by atoms with Crippen LogP contribution in [0.3, 0.4) is 0 Å². The van der Waals surface area contributed by atoms with Crippen LogP contribution in [0.25, 0.3) is 0 Å². The summed E-state index contributed by atoms with van der Waals surface area (Å²) in [5.74, 6) is -0.445. The van der Waals surface area contributed by atoms with Gasteiger partial charge >= 0.3 is 0 Å². The van der Waals surface area contributed by atoms with Crippen molar-refractivity contribution >= 4 is 39.1 Å². The van der Waals surface area contributed by atoms with Gasteiger partial charge in [0.25, 0.3) is 10.0 Å². The fourth-order valence-electron chi connectivity index (χ4n) is 4.20. The molecule has 3 rings (SSSR count). The molecule has 0 bridgehead atoms. The van der Waals surface area contributed by atoms with E-state index in [1.165, 1.54) is 36.3 Å². The second-order valence-corrected chi connectivity index (χ2v) is 11.7. The van der Waals surface area contributed by atoms with E-state index in [1.54, 1.807) is 24.3 Å². The van der Waals surface area contributed by atoms with E-state index >= 15 is 0 Å². The van der Waals surface area contributed by atoms with Gasteiger partial charge in [-0.2, -0.15) is 0 Å². The molecule has 0 aromatic heterocycles. The van der Waals surface area contributed by atoms with Crippen molar-refractivity contribution in [3.63, 3.8) is 0 Å². The molecule has 0 aliphatic carbocycles. The predicted octanol–water partition coefficient (Wildman–Crippen LogP) is 5.27. The van der Waals surface area contributed by atoms with Gasteiger partial charge in [-0.3, -0.25) is 13.9 Å². The topological polar surface area (TPSA) is 96.0 Å². The molecular formula is C30H36ClN3O5S.